The third kappa shape index (κ3) is 3.78. The summed E-state index contributed by atoms with van der Waals surface area (Å²) in [5.74, 6) is 0.751. The number of carbonyl (C=O) groups is 1. The number of aryl methyl sites for hydroxylation is 1. The van der Waals surface area contributed by atoms with Crippen molar-refractivity contribution < 1.29 is 13.2 Å². The quantitative estimate of drug-likeness (QED) is 0.692. The predicted molar refractivity (Wildman–Crippen MR) is 122 cm³/mol. The molecule has 2 atom stereocenters. The SMILES string of the molecule is Cc1ccnc(NS(=O)(=O)c2ccc(NC(=O)C34CC5C[C@](C)(C3)C[C@](C)(C5)C4)cc2)n1. The summed E-state index contributed by atoms with van der Waals surface area (Å²) in [6.45, 7) is 6.46. The molecule has 4 bridgehead atoms. The van der Waals surface area contributed by atoms with Crippen molar-refractivity contribution in [2.24, 2.45) is 22.2 Å². The molecule has 0 saturated heterocycles. The van der Waals surface area contributed by atoms with Crippen LogP contribution in [0.5, 0.6) is 0 Å². The highest BCUT2D eigenvalue weighted by molar-refractivity contribution is 7.92. The average Bonchev–Trinajstić information content (AvgIpc) is 2.65. The van der Waals surface area contributed by atoms with Gasteiger partial charge in [0.1, 0.15) is 0 Å². The lowest BCUT2D eigenvalue weighted by Gasteiger charge is -2.64. The first-order chi connectivity index (χ1) is 15.0. The van der Waals surface area contributed by atoms with Gasteiger partial charge in [0, 0.05) is 17.6 Å². The molecule has 0 unspecified atom stereocenters. The highest BCUT2D eigenvalue weighted by atomic mass is 32.2. The van der Waals surface area contributed by atoms with Crippen molar-refractivity contribution in [2.75, 3.05) is 10.0 Å². The van der Waals surface area contributed by atoms with Crippen LogP contribution in [0.4, 0.5) is 11.6 Å². The fraction of sp³-hybridized carbons (Fsp3) is 0.542. The van der Waals surface area contributed by atoms with Crippen molar-refractivity contribution >= 4 is 27.6 Å². The van der Waals surface area contributed by atoms with Gasteiger partial charge in [0.15, 0.2) is 0 Å². The van der Waals surface area contributed by atoms with E-state index in [2.05, 4.69) is 33.9 Å². The molecule has 32 heavy (non-hydrogen) atoms. The van der Waals surface area contributed by atoms with Crippen LogP contribution in [-0.2, 0) is 14.8 Å². The molecule has 170 valence electrons. The maximum absolute atomic E-state index is 13.4. The first kappa shape index (κ1) is 21.4. The third-order valence-corrected chi connectivity index (χ3v) is 8.89. The van der Waals surface area contributed by atoms with Gasteiger partial charge in [-0.15, -0.1) is 0 Å². The van der Waals surface area contributed by atoms with Crippen LogP contribution in [0.2, 0.25) is 0 Å². The predicted octanol–water partition coefficient (Wildman–Crippen LogP) is 4.52. The number of amides is 1. The van der Waals surface area contributed by atoms with Gasteiger partial charge in [0.05, 0.1) is 10.3 Å². The summed E-state index contributed by atoms with van der Waals surface area (Å²) < 4.78 is 27.7. The van der Waals surface area contributed by atoms with E-state index in [1.807, 2.05) is 0 Å². The Balaban J connectivity index is 1.31. The molecule has 4 aliphatic rings. The van der Waals surface area contributed by atoms with Gasteiger partial charge in [0.25, 0.3) is 10.0 Å². The van der Waals surface area contributed by atoms with Crippen LogP contribution in [-0.4, -0.2) is 24.3 Å². The van der Waals surface area contributed by atoms with Crippen LogP contribution in [0.15, 0.2) is 41.4 Å². The lowest BCUT2D eigenvalue weighted by atomic mass is 9.40. The second-order valence-corrected chi connectivity index (χ2v) is 12.7. The second-order valence-electron chi connectivity index (χ2n) is 11.0. The number of hydrogen-bond acceptors (Lipinski definition) is 5. The van der Waals surface area contributed by atoms with Crippen molar-refractivity contribution in [1.29, 1.82) is 0 Å². The number of carbonyl (C=O) groups excluding carboxylic acids is 1. The van der Waals surface area contributed by atoms with Gasteiger partial charge in [-0.2, -0.15) is 0 Å². The van der Waals surface area contributed by atoms with Crippen LogP contribution in [0.1, 0.15) is 58.1 Å². The molecular weight excluding hydrogens is 424 g/mol. The molecule has 1 aromatic carbocycles. The largest absolute Gasteiger partial charge is 0.326 e. The Kier molecular flexibility index (Phi) is 4.68. The molecule has 4 aliphatic carbocycles. The molecule has 7 nitrogen and oxygen atoms in total. The minimum Gasteiger partial charge on any atom is -0.326 e. The zero-order valence-corrected chi connectivity index (χ0v) is 19.6. The number of nitrogens with zero attached hydrogens (tertiary/aromatic N) is 2. The van der Waals surface area contributed by atoms with E-state index in [9.17, 15) is 13.2 Å². The molecule has 4 saturated carbocycles. The Bertz CT molecular complexity index is 1160. The van der Waals surface area contributed by atoms with E-state index in [0.717, 1.165) is 19.3 Å². The first-order valence-electron chi connectivity index (χ1n) is 11.2. The number of rotatable bonds is 5. The Hall–Kier alpha value is -2.48. The summed E-state index contributed by atoms with van der Waals surface area (Å²) >= 11 is 0. The first-order valence-corrected chi connectivity index (χ1v) is 12.7. The summed E-state index contributed by atoms with van der Waals surface area (Å²) in [6.07, 6.45) is 8.07. The number of sulfonamides is 1. The molecule has 8 heteroatoms. The average molecular weight is 455 g/mol. The molecule has 0 radical (unpaired) electrons. The maximum atomic E-state index is 13.4. The zero-order valence-electron chi connectivity index (χ0n) is 18.8. The van der Waals surface area contributed by atoms with E-state index in [0.29, 0.717) is 17.3 Å². The van der Waals surface area contributed by atoms with Crippen LogP contribution in [0.3, 0.4) is 0 Å². The van der Waals surface area contributed by atoms with Crippen LogP contribution in [0.25, 0.3) is 0 Å². The van der Waals surface area contributed by atoms with Gasteiger partial charge in [-0.3, -0.25) is 4.79 Å². The smallest absolute Gasteiger partial charge is 0.264 e. The lowest BCUT2D eigenvalue weighted by Crippen LogP contribution is -2.58. The fourth-order valence-corrected chi connectivity index (χ4v) is 8.31. The number of anilines is 2. The highest BCUT2D eigenvalue weighted by Gasteiger charge is 2.62. The van der Waals surface area contributed by atoms with Gasteiger partial charge in [-0.25, -0.2) is 23.1 Å². The van der Waals surface area contributed by atoms with Crippen LogP contribution in [0, 0.1) is 29.1 Å². The van der Waals surface area contributed by atoms with Gasteiger partial charge >= 0.3 is 0 Å². The minimum absolute atomic E-state index is 0.0335. The standard InChI is InChI=1S/C24H30N4O3S/c1-16-8-9-25-21(26-16)28-32(30,31)19-6-4-18(5-7-19)27-20(29)24-12-17-10-22(2,14-24)13-23(3,11-17)15-24/h4-9,17H,10-15H2,1-3H3,(H,27,29)(H,25,26,28)/t17?,22-,23-,24?/m0/s1. The molecule has 1 amide bonds. The van der Waals surface area contributed by atoms with E-state index in [-0.39, 0.29) is 33.0 Å². The van der Waals surface area contributed by atoms with Crippen molar-refractivity contribution in [2.45, 2.75) is 64.2 Å². The highest BCUT2D eigenvalue weighted by Crippen LogP contribution is 2.69. The van der Waals surface area contributed by atoms with Gasteiger partial charge in [0.2, 0.25) is 11.9 Å². The number of benzene rings is 1. The van der Waals surface area contributed by atoms with Crippen molar-refractivity contribution in [3.8, 4) is 0 Å². The van der Waals surface area contributed by atoms with Gasteiger partial charge in [-0.05, 0) is 92.5 Å². The number of nitrogens with one attached hydrogen (secondary N) is 2. The zero-order chi connectivity index (χ0) is 22.8. The number of aromatic nitrogens is 2. The van der Waals surface area contributed by atoms with E-state index < -0.39 is 10.0 Å². The molecular formula is C24H30N4O3S. The Labute approximate surface area is 189 Å². The monoisotopic (exact) mass is 454 g/mol. The normalized spacial score (nSPS) is 33.2. The Morgan fingerprint density at radius 3 is 2.25 bits per heavy atom. The second kappa shape index (κ2) is 7.01. The molecule has 4 fully saturated rings. The van der Waals surface area contributed by atoms with E-state index in [1.54, 1.807) is 25.1 Å². The molecule has 0 spiro atoms. The summed E-state index contributed by atoms with van der Waals surface area (Å²) in [4.78, 5) is 21.6. The van der Waals surface area contributed by atoms with E-state index in [1.165, 1.54) is 37.6 Å². The molecule has 2 aromatic rings. The molecule has 6 rings (SSSR count). The molecule has 2 N–H and O–H groups in total. The van der Waals surface area contributed by atoms with Gasteiger partial charge < -0.3 is 5.32 Å². The lowest BCUT2D eigenvalue weighted by molar-refractivity contribution is -0.165. The molecule has 1 aromatic heterocycles. The summed E-state index contributed by atoms with van der Waals surface area (Å²) in [5, 5.41) is 3.09. The Morgan fingerprint density at radius 2 is 1.66 bits per heavy atom. The van der Waals surface area contributed by atoms with E-state index >= 15 is 0 Å². The molecule has 0 aliphatic heterocycles. The van der Waals surface area contributed by atoms with Crippen molar-refractivity contribution in [3.05, 3.63) is 42.2 Å². The fourth-order valence-electron chi connectivity index (χ4n) is 7.36. The van der Waals surface area contributed by atoms with Crippen molar-refractivity contribution in [1.82, 2.24) is 9.97 Å². The summed E-state index contributed by atoms with van der Waals surface area (Å²) in [6, 6.07) is 7.98. The van der Waals surface area contributed by atoms with Crippen molar-refractivity contribution in [3.63, 3.8) is 0 Å². The number of hydrogen-bond donors (Lipinski definition) is 2. The van der Waals surface area contributed by atoms with Gasteiger partial charge in [-0.1, -0.05) is 13.8 Å². The Morgan fingerprint density at radius 1 is 1.00 bits per heavy atom. The topological polar surface area (TPSA) is 101 Å². The molecule has 1 heterocycles. The summed E-state index contributed by atoms with van der Waals surface area (Å²) in [5.41, 5.74) is 1.49. The minimum atomic E-state index is -3.82. The van der Waals surface area contributed by atoms with E-state index in [4.69, 9.17) is 0 Å². The van der Waals surface area contributed by atoms with Crippen LogP contribution >= 0.6 is 0 Å². The maximum Gasteiger partial charge on any atom is 0.264 e. The summed E-state index contributed by atoms with van der Waals surface area (Å²) in [7, 11) is -3.82. The van der Waals surface area contributed by atoms with Crippen LogP contribution < -0.4 is 10.0 Å². The third-order valence-electron chi connectivity index (χ3n) is 7.55.